The van der Waals surface area contributed by atoms with E-state index in [0.29, 0.717) is 5.75 Å². The van der Waals surface area contributed by atoms with E-state index in [2.05, 4.69) is 6.92 Å². The molecule has 2 aromatic rings. The minimum Gasteiger partial charge on any atom is -0.506 e. The summed E-state index contributed by atoms with van der Waals surface area (Å²) in [6, 6.07) is 11.4. The summed E-state index contributed by atoms with van der Waals surface area (Å²) in [7, 11) is -4.51. The molecule has 0 amide bonds. The number of rotatable bonds is 11. The zero-order valence-corrected chi connectivity index (χ0v) is 16.5. The number of aryl methyl sites for hydroxylation is 1. The Labute approximate surface area is 161 Å². The molecule has 0 aliphatic rings. The first-order valence-electron chi connectivity index (χ1n) is 9.47. The van der Waals surface area contributed by atoms with E-state index in [1.807, 2.05) is 24.3 Å². The summed E-state index contributed by atoms with van der Waals surface area (Å²) in [5.41, 5.74) is 1.24. The number of unbranched alkanes of at least 4 members (excludes halogenated alkanes) is 6. The van der Waals surface area contributed by atoms with Crippen molar-refractivity contribution < 1.29 is 22.8 Å². The number of phenols is 1. The van der Waals surface area contributed by atoms with E-state index < -0.39 is 20.8 Å². The number of hydrogen-bond acceptors (Lipinski definition) is 4. The standard InChI is InChI=1S/C21H28O5S/c1-2-3-4-5-6-7-8-9-17-10-12-18(13-11-17)26-19-14-15-20(22)21(16-19)27(23,24)25/h10-16,22H,2-9H2,1H3,(H,23,24,25). The summed E-state index contributed by atoms with van der Waals surface area (Å²) in [4.78, 5) is -0.574. The van der Waals surface area contributed by atoms with Crippen LogP contribution in [0, 0.1) is 0 Å². The van der Waals surface area contributed by atoms with Gasteiger partial charge >= 0.3 is 0 Å². The molecule has 5 nitrogen and oxygen atoms in total. The number of hydrogen-bond donors (Lipinski definition) is 2. The van der Waals surface area contributed by atoms with Gasteiger partial charge in [0, 0.05) is 6.07 Å². The summed E-state index contributed by atoms with van der Waals surface area (Å²) in [5, 5.41) is 9.54. The van der Waals surface area contributed by atoms with Crippen molar-refractivity contribution in [1.29, 1.82) is 0 Å². The lowest BCUT2D eigenvalue weighted by atomic mass is 10.0. The second-order valence-electron chi connectivity index (χ2n) is 6.72. The largest absolute Gasteiger partial charge is 0.506 e. The number of aromatic hydroxyl groups is 1. The van der Waals surface area contributed by atoms with Crippen LogP contribution in [0.3, 0.4) is 0 Å². The van der Waals surface area contributed by atoms with Crippen molar-refractivity contribution in [2.45, 2.75) is 63.2 Å². The average molecular weight is 393 g/mol. The highest BCUT2D eigenvalue weighted by molar-refractivity contribution is 7.86. The summed E-state index contributed by atoms with van der Waals surface area (Å²) in [6.45, 7) is 2.22. The minimum absolute atomic E-state index is 0.222. The maximum atomic E-state index is 11.2. The van der Waals surface area contributed by atoms with E-state index in [4.69, 9.17) is 9.29 Å². The zero-order valence-electron chi connectivity index (χ0n) is 15.7. The van der Waals surface area contributed by atoms with E-state index in [1.165, 1.54) is 62.6 Å². The SMILES string of the molecule is CCCCCCCCCc1ccc(Oc2ccc(O)c(S(=O)(=O)O)c2)cc1. The Bertz CT molecular complexity index is 813. The highest BCUT2D eigenvalue weighted by Crippen LogP contribution is 2.30. The summed E-state index contributed by atoms with van der Waals surface area (Å²) >= 11 is 0. The number of benzene rings is 2. The van der Waals surface area contributed by atoms with Gasteiger partial charge in [0.15, 0.2) is 0 Å². The van der Waals surface area contributed by atoms with E-state index in [0.717, 1.165) is 12.5 Å². The third-order valence-corrected chi connectivity index (χ3v) is 5.32. The van der Waals surface area contributed by atoms with Gasteiger partial charge in [-0.2, -0.15) is 8.42 Å². The molecule has 2 aromatic carbocycles. The maximum Gasteiger partial charge on any atom is 0.298 e. The fraction of sp³-hybridized carbons (Fsp3) is 0.429. The van der Waals surface area contributed by atoms with Gasteiger partial charge in [-0.15, -0.1) is 0 Å². The lowest BCUT2D eigenvalue weighted by Gasteiger charge is -2.09. The van der Waals surface area contributed by atoms with Crippen molar-refractivity contribution in [3.05, 3.63) is 48.0 Å². The molecule has 0 bridgehead atoms. The van der Waals surface area contributed by atoms with Crippen LogP contribution >= 0.6 is 0 Å². The fourth-order valence-electron chi connectivity index (χ4n) is 2.91. The van der Waals surface area contributed by atoms with Crippen molar-refractivity contribution in [3.63, 3.8) is 0 Å². The first-order chi connectivity index (χ1) is 12.9. The fourth-order valence-corrected chi connectivity index (χ4v) is 3.51. The molecule has 148 valence electrons. The molecule has 0 fully saturated rings. The predicted octanol–water partition coefficient (Wildman–Crippen LogP) is 5.72. The first-order valence-corrected chi connectivity index (χ1v) is 10.9. The Hall–Kier alpha value is -2.05. The van der Waals surface area contributed by atoms with Crippen LogP contribution in [0.15, 0.2) is 47.4 Å². The summed E-state index contributed by atoms with van der Waals surface area (Å²) in [5.74, 6) is 0.264. The van der Waals surface area contributed by atoms with E-state index >= 15 is 0 Å². The van der Waals surface area contributed by atoms with Gasteiger partial charge in [0.1, 0.15) is 22.1 Å². The van der Waals surface area contributed by atoms with Crippen LogP contribution in [0.25, 0.3) is 0 Å². The molecule has 0 aromatic heterocycles. The van der Waals surface area contributed by atoms with Crippen LogP contribution in [-0.4, -0.2) is 18.1 Å². The highest BCUT2D eigenvalue weighted by atomic mass is 32.2. The second kappa shape index (κ2) is 10.3. The molecule has 0 radical (unpaired) electrons. The Morgan fingerprint density at radius 2 is 1.44 bits per heavy atom. The molecule has 0 unspecified atom stereocenters. The van der Waals surface area contributed by atoms with Gasteiger partial charge in [-0.3, -0.25) is 4.55 Å². The maximum absolute atomic E-state index is 11.2. The van der Waals surface area contributed by atoms with Crippen LogP contribution in [0.2, 0.25) is 0 Å². The van der Waals surface area contributed by atoms with E-state index in [-0.39, 0.29) is 5.75 Å². The van der Waals surface area contributed by atoms with Gasteiger partial charge in [0.25, 0.3) is 10.1 Å². The second-order valence-corrected chi connectivity index (χ2v) is 8.11. The van der Waals surface area contributed by atoms with Crippen molar-refractivity contribution in [2.75, 3.05) is 0 Å². The van der Waals surface area contributed by atoms with Crippen LogP contribution in [0.1, 0.15) is 57.4 Å². The molecule has 0 saturated carbocycles. The molecule has 0 aliphatic carbocycles. The van der Waals surface area contributed by atoms with Crippen molar-refractivity contribution in [3.8, 4) is 17.2 Å². The molecule has 2 rings (SSSR count). The van der Waals surface area contributed by atoms with Crippen LogP contribution in [-0.2, 0) is 16.5 Å². The van der Waals surface area contributed by atoms with E-state index in [9.17, 15) is 13.5 Å². The molecule has 0 heterocycles. The van der Waals surface area contributed by atoms with E-state index in [1.54, 1.807) is 0 Å². The average Bonchev–Trinajstić information content (AvgIpc) is 2.63. The molecule has 0 saturated heterocycles. The number of ether oxygens (including phenoxy) is 1. The Morgan fingerprint density at radius 1 is 0.852 bits per heavy atom. The molecule has 2 N–H and O–H groups in total. The summed E-state index contributed by atoms with van der Waals surface area (Å²) < 4.78 is 37.2. The lowest BCUT2D eigenvalue weighted by Crippen LogP contribution is -1.99. The predicted molar refractivity (Wildman–Crippen MR) is 106 cm³/mol. The molecular weight excluding hydrogens is 364 g/mol. The highest BCUT2D eigenvalue weighted by Gasteiger charge is 2.16. The van der Waals surface area contributed by atoms with Crippen molar-refractivity contribution in [1.82, 2.24) is 0 Å². The molecule has 6 heteroatoms. The zero-order chi connectivity index (χ0) is 19.7. The van der Waals surface area contributed by atoms with Gasteiger partial charge in [-0.1, -0.05) is 57.6 Å². The van der Waals surface area contributed by atoms with Gasteiger partial charge < -0.3 is 9.84 Å². The van der Waals surface area contributed by atoms with Crippen LogP contribution < -0.4 is 4.74 Å². The minimum atomic E-state index is -4.51. The van der Waals surface area contributed by atoms with Crippen molar-refractivity contribution >= 4 is 10.1 Å². The molecule has 27 heavy (non-hydrogen) atoms. The molecule has 0 atom stereocenters. The molecule has 0 aliphatic heterocycles. The topological polar surface area (TPSA) is 83.8 Å². The Kier molecular flexibility index (Phi) is 8.13. The van der Waals surface area contributed by atoms with Gasteiger partial charge in [-0.05, 0) is 42.7 Å². The first kappa shape index (κ1) is 21.3. The molecule has 0 spiro atoms. The Balaban J connectivity index is 1.85. The number of phenolic OH excluding ortho intramolecular Hbond substituents is 1. The Morgan fingerprint density at radius 3 is 2.07 bits per heavy atom. The van der Waals surface area contributed by atoms with Gasteiger partial charge in [0.2, 0.25) is 0 Å². The third kappa shape index (κ3) is 7.23. The quantitative estimate of drug-likeness (QED) is 0.377. The smallest absolute Gasteiger partial charge is 0.298 e. The van der Waals surface area contributed by atoms with Crippen molar-refractivity contribution in [2.24, 2.45) is 0 Å². The third-order valence-electron chi connectivity index (χ3n) is 4.44. The summed E-state index contributed by atoms with van der Waals surface area (Å²) in [6.07, 6.45) is 9.98. The monoisotopic (exact) mass is 392 g/mol. The lowest BCUT2D eigenvalue weighted by molar-refractivity contribution is 0.435. The normalized spacial score (nSPS) is 11.5. The molecular formula is C21H28O5S. The van der Waals surface area contributed by atoms with Crippen LogP contribution in [0.4, 0.5) is 0 Å². The van der Waals surface area contributed by atoms with Gasteiger partial charge in [0.05, 0.1) is 0 Å². The van der Waals surface area contributed by atoms with Gasteiger partial charge in [-0.25, -0.2) is 0 Å². The van der Waals surface area contributed by atoms with Crippen LogP contribution in [0.5, 0.6) is 17.2 Å².